The molecule has 0 bridgehead atoms. The number of carbonyl (C=O) groups is 2. The molecule has 0 unspecified atom stereocenters. The van der Waals surface area contributed by atoms with E-state index in [1.807, 2.05) is 0 Å². The van der Waals surface area contributed by atoms with Crippen molar-refractivity contribution in [1.82, 2.24) is 0 Å². The van der Waals surface area contributed by atoms with E-state index in [1.165, 1.54) is 50.4 Å². The Balaban J connectivity index is 2.28. The van der Waals surface area contributed by atoms with Crippen LogP contribution in [-0.4, -0.2) is 32.5 Å². The second-order valence-corrected chi connectivity index (χ2v) is 6.71. The summed E-state index contributed by atoms with van der Waals surface area (Å²) >= 11 is 0. The van der Waals surface area contributed by atoms with Crippen molar-refractivity contribution < 1.29 is 27.9 Å². The minimum absolute atomic E-state index is 0.0612. The van der Waals surface area contributed by atoms with E-state index >= 15 is 0 Å². The summed E-state index contributed by atoms with van der Waals surface area (Å²) in [6.07, 6.45) is 0. The summed E-state index contributed by atoms with van der Waals surface area (Å²) in [7, 11) is -2.69. The van der Waals surface area contributed by atoms with Gasteiger partial charge in [-0.15, -0.1) is 0 Å². The number of hydrogen-bond acceptors (Lipinski definition) is 5. The predicted octanol–water partition coefficient (Wildman–Crippen LogP) is 2.15. The van der Waals surface area contributed by atoms with Crippen molar-refractivity contribution in [2.24, 2.45) is 0 Å². The smallest absolute Gasteiger partial charge is 0.339 e. The number of benzene rings is 2. The Hall–Kier alpha value is -3.07. The van der Waals surface area contributed by atoms with E-state index in [2.05, 4.69) is 10.0 Å². The van der Waals surface area contributed by atoms with Crippen LogP contribution in [-0.2, 0) is 14.8 Å². The van der Waals surface area contributed by atoms with Crippen molar-refractivity contribution in [1.29, 1.82) is 0 Å². The quantitative estimate of drug-likeness (QED) is 0.722. The number of amides is 1. The zero-order valence-electron chi connectivity index (χ0n) is 13.4. The third-order valence-corrected chi connectivity index (χ3v) is 4.55. The lowest BCUT2D eigenvalue weighted by atomic mass is 10.2. The van der Waals surface area contributed by atoms with Gasteiger partial charge in [0.15, 0.2) is 0 Å². The van der Waals surface area contributed by atoms with Crippen molar-refractivity contribution in [2.75, 3.05) is 17.1 Å². The first-order chi connectivity index (χ1) is 11.7. The number of ether oxygens (including phenoxy) is 1. The first-order valence-electron chi connectivity index (χ1n) is 7.05. The second-order valence-electron chi connectivity index (χ2n) is 5.03. The number of anilines is 2. The summed E-state index contributed by atoms with van der Waals surface area (Å²) in [6, 6.07) is 9.58. The molecule has 9 heteroatoms. The number of aromatic carboxylic acids is 1. The molecule has 0 aliphatic heterocycles. The Morgan fingerprint density at radius 1 is 1.04 bits per heavy atom. The fraction of sp³-hybridized carbons (Fsp3) is 0.125. The summed E-state index contributed by atoms with van der Waals surface area (Å²) < 4.78 is 32.1. The number of methoxy groups -OCH3 is 1. The maximum Gasteiger partial charge on any atom is 0.339 e. The van der Waals surface area contributed by atoms with Gasteiger partial charge in [-0.2, -0.15) is 0 Å². The van der Waals surface area contributed by atoms with Gasteiger partial charge in [0, 0.05) is 18.3 Å². The molecule has 2 aromatic carbocycles. The topological polar surface area (TPSA) is 122 Å². The summed E-state index contributed by atoms with van der Waals surface area (Å²) in [6.45, 7) is 1.36. The largest absolute Gasteiger partial charge is 0.496 e. The first-order valence-corrected chi connectivity index (χ1v) is 8.53. The van der Waals surface area contributed by atoms with E-state index < -0.39 is 16.0 Å². The Morgan fingerprint density at radius 2 is 1.64 bits per heavy atom. The van der Waals surface area contributed by atoms with Crippen LogP contribution < -0.4 is 14.8 Å². The zero-order valence-corrected chi connectivity index (χ0v) is 14.3. The standard InChI is InChI=1S/C16H16N2O6S/c1-10(19)17-11-3-5-12(6-4-11)18-25(22,23)13-7-8-15(24-2)14(9-13)16(20)21/h3-9,18H,1-2H3,(H,17,19)(H,20,21). The van der Waals surface area contributed by atoms with E-state index in [9.17, 15) is 18.0 Å². The van der Waals surface area contributed by atoms with Crippen LogP contribution in [0.3, 0.4) is 0 Å². The Kier molecular flexibility index (Phi) is 5.28. The molecule has 0 heterocycles. The van der Waals surface area contributed by atoms with Gasteiger partial charge in [-0.1, -0.05) is 0 Å². The third kappa shape index (κ3) is 4.48. The maximum atomic E-state index is 12.4. The van der Waals surface area contributed by atoms with Gasteiger partial charge in [0.05, 0.1) is 12.0 Å². The molecule has 0 aliphatic carbocycles. The highest BCUT2D eigenvalue weighted by atomic mass is 32.2. The average Bonchev–Trinajstić information content (AvgIpc) is 2.55. The van der Waals surface area contributed by atoms with Crippen LogP contribution >= 0.6 is 0 Å². The van der Waals surface area contributed by atoms with Crippen LogP contribution in [0, 0.1) is 0 Å². The molecular formula is C16H16N2O6S. The van der Waals surface area contributed by atoms with E-state index in [0.717, 1.165) is 6.07 Å². The van der Waals surface area contributed by atoms with Crippen LogP contribution in [0.1, 0.15) is 17.3 Å². The minimum Gasteiger partial charge on any atom is -0.496 e. The van der Waals surface area contributed by atoms with E-state index in [-0.39, 0.29) is 27.8 Å². The van der Waals surface area contributed by atoms with Crippen LogP contribution in [0.15, 0.2) is 47.4 Å². The summed E-state index contributed by atoms with van der Waals surface area (Å²) in [5, 5.41) is 11.7. The lowest BCUT2D eigenvalue weighted by molar-refractivity contribution is -0.114. The molecule has 0 saturated heterocycles. The lowest BCUT2D eigenvalue weighted by Gasteiger charge is -2.11. The number of rotatable bonds is 6. The molecule has 1 amide bonds. The molecule has 3 N–H and O–H groups in total. The molecule has 0 saturated carbocycles. The van der Waals surface area contributed by atoms with Crippen molar-refractivity contribution in [2.45, 2.75) is 11.8 Å². The number of hydrogen-bond donors (Lipinski definition) is 3. The van der Waals surface area contributed by atoms with Gasteiger partial charge in [-0.3, -0.25) is 9.52 Å². The molecule has 25 heavy (non-hydrogen) atoms. The monoisotopic (exact) mass is 364 g/mol. The number of sulfonamides is 1. The number of carbonyl (C=O) groups excluding carboxylic acids is 1. The highest BCUT2D eigenvalue weighted by Gasteiger charge is 2.19. The van der Waals surface area contributed by atoms with Crippen molar-refractivity contribution in [3.8, 4) is 5.75 Å². The van der Waals surface area contributed by atoms with Crippen molar-refractivity contribution in [3.63, 3.8) is 0 Å². The number of carboxylic acid groups (broad SMARTS) is 1. The molecule has 2 rings (SSSR count). The van der Waals surface area contributed by atoms with Gasteiger partial charge < -0.3 is 15.2 Å². The van der Waals surface area contributed by atoms with Crippen LogP contribution in [0.25, 0.3) is 0 Å². The first kappa shape index (κ1) is 18.3. The van der Waals surface area contributed by atoms with Gasteiger partial charge in [0.25, 0.3) is 10.0 Å². The predicted molar refractivity (Wildman–Crippen MR) is 91.5 cm³/mol. The summed E-state index contributed by atoms with van der Waals surface area (Å²) in [5.41, 5.74) is 0.529. The van der Waals surface area contributed by atoms with Gasteiger partial charge in [-0.25, -0.2) is 13.2 Å². The minimum atomic E-state index is -3.99. The molecule has 132 valence electrons. The second kappa shape index (κ2) is 7.22. The van der Waals surface area contributed by atoms with Crippen molar-refractivity contribution in [3.05, 3.63) is 48.0 Å². The lowest BCUT2D eigenvalue weighted by Crippen LogP contribution is -2.14. The molecule has 8 nitrogen and oxygen atoms in total. The fourth-order valence-corrected chi connectivity index (χ4v) is 3.14. The fourth-order valence-electron chi connectivity index (χ4n) is 2.06. The summed E-state index contributed by atoms with van der Waals surface area (Å²) in [4.78, 5) is 22.0. The van der Waals surface area contributed by atoms with Gasteiger partial charge in [0.1, 0.15) is 11.3 Å². The van der Waals surface area contributed by atoms with Gasteiger partial charge >= 0.3 is 5.97 Å². The molecular weight excluding hydrogens is 348 g/mol. The Labute approximate surface area is 144 Å². The third-order valence-electron chi connectivity index (χ3n) is 3.17. The normalized spacial score (nSPS) is 10.8. The van der Waals surface area contributed by atoms with Gasteiger partial charge in [-0.05, 0) is 42.5 Å². The van der Waals surface area contributed by atoms with Gasteiger partial charge in [0.2, 0.25) is 5.91 Å². The molecule has 2 aromatic rings. The highest BCUT2D eigenvalue weighted by Crippen LogP contribution is 2.24. The van der Waals surface area contributed by atoms with E-state index in [1.54, 1.807) is 0 Å². The molecule has 0 fully saturated rings. The molecule has 0 aromatic heterocycles. The van der Waals surface area contributed by atoms with Crippen LogP contribution in [0.4, 0.5) is 11.4 Å². The maximum absolute atomic E-state index is 12.4. The number of nitrogens with one attached hydrogen (secondary N) is 2. The number of carboxylic acids is 1. The Morgan fingerprint density at radius 3 is 2.16 bits per heavy atom. The molecule has 0 atom stereocenters. The van der Waals surface area contributed by atoms with Crippen LogP contribution in [0.5, 0.6) is 5.75 Å². The SMILES string of the molecule is COc1ccc(S(=O)(=O)Nc2ccc(NC(C)=O)cc2)cc1C(=O)O. The van der Waals surface area contributed by atoms with Crippen molar-refractivity contribution >= 4 is 33.3 Å². The molecule has 0 aliphatic rings. The summed E-state index contributed by atoms with van der Waals surface area (Å²) in [5.74, 6) is -1.48. The van der Waals surface area contributed by atoms with E-state index in [4.69, 9.17) is 9.84 Å². The van der Waals surface area contributed by atoms with E-state index in [0.29, 0.717) is 5.69 Å². The zero-order chi connectivity index (χ0) is 18.6. The highest BCUT2D eigenvalue weighted by molar-refractivity contribution is 7.92. The average molecular weight is 364 g/mol. The van der Waals surface area contributed by atoms with Crippen LogP contribution in [0.2, 0.25) is 0 Å². The Bertz CT molecular complexity index is 907. The molecule has 0 spiro atoms. The molecule has 0 radical (unpaired) electrons.